The van der Waals surface area contributed by atoms with Crippen LogP contribution in [-0.4, -0.2) is 47.5 Å². The predicted molar refractivity (Wildman–Crippen MR) is 161 cm³/mol. The van der Waals surface area contributed by atoms with Crippen LogP contribution in [0.5, 0.6) is 5.75 Å². The number of ether oxygens (including phenoxy) is 1. The van der Waals surface area contributed by atoms with Crippen LogP contribution in [0.25, 0.3) is 16.9 Å². The van der Waals surface area contributed by atoms with E-state index < -0.39 is 0 Å². The summed E-state index contributed by atoms with van der Waals surface area (Å²) in [6.07, 6.45) is 0. The van der Waals surface area contributed by atoms with E-state index >= 15 is 0 Å². The Labute approximate surface area is 239 Å². The van der Waals surface area contributed by atoms with Crippen molar-refractivity contribution in [3.8, 4) is 22.7 Å². The van der Waals surface area contributed by atoms with Gasteiger partial charge in [-0.15, -0.1) is 11.8 Å². The van der Waals surface area contributed by atoms with E-state index in [0.29, 0.717) is 18.3 Å². The number of hydrogen-bond donors (Lipinski definition) is 1. The molecule has 4 aromatic rings. The van der Waals surface area contributed by atoms with Crippen LogP contribution in [0.3, 0.4) is 0 Å². The monoisotopic (exact) mass is 554 g/mol. The van der Waals surface area contributed by atoms with Crippen molar-refractivity contribution in [3.63, 3.8) is 0 Å². The van der Waals surface area contributed by atoms with Crippen LogP contribution in [0, 0.1) is 12.8 Å². The van der Waals surface area contributed by atoms with Crippen molar-refractivity contribution in [1.82, 2.24) is 15.1 Å². The van der Waals surface area contributed by atoms with Crippen molar-refractivity contribution < 1.29 is 14.3 Å². The predicted octanol–water partition coefficient (Wildman–Crippen LogP) is 5.80. The third kappa shape index (κ3) is 5.63. The number of aryl methyl sites for hydroxylation is 1. The van der Waals surface area contributed by atoms with Gasteiger partial charge in [0.2, 0.25) is 11.8 Å². The van der Waals surface area contributed by atoms with Gasteiger partial charge in [0.05, 0.1) is 29.5 Å². The lowest BCUT2D eigenvalue weighted by molar-refractivity contribution is -0.123. The summed E-state index contributed by atoms with van der Waals surface area (Å²) in [5, 5.41) is 7.86. The Morgan fingerprint density at radius 3 is 2.45 bits per heavy atom. The van der Waals surface area contributed by atoms with Gasteiger partial charge in [0.1, 0.15) is 18.1 Å². The van der Waals surface area contributed by atoms with Crippen LogP contribution in [0.2, 0.25) is 0 Å². The average molecular weight is 555 g/mol. The Morgan fingerprint density at radius 2 is 1.75 bits per heavy atom. The van der Waals surface area contributed by atoms with Gasteiger partial charge in [-0.1, -0.05) is 80.1 Å². The molecule has 8 heteroatoms. The molecule has 40 heavy (non-hydrogen) atoms. The average Bonchev–Trinajstić information content (AvgIpc) is 3.29. The molecule has 1 atom stereocenters. The molecule has 1 aliphatic rings. The molecule has 0 unspecified atom stereocenters. The van der Waals surface area contributed by atoms with Gasteiger partial charge in [-0.05, 0) is 31.0 Å². The molecule has 2 amide bonds. The van der Waals surface area contributed by atoms with Crippen LogP contribution >= 0.6 is 11.8 Å². The van der Waals surface area contributed by atoms with E-state index in [1.165, 1.54) is 11.8 Å². The van der Waals surface area contributed by atoms with E-state index in [1.807, 2.05) is 104 Å². The third-order valence-corrected chi connectivity index (χ3v) is 8.08. The van der Waals surface area contributed by atoms with Crippen molar-refractivity contribution in [2.75, 3.05) is 30.9 Å². The summed E-state index contributed by atoms with van der Waals surface area (Å²) < 4.78 is 7.59. The summed E-state index contributed by atoms with van der Waals surface area (Å²) in [5.41, 5.74) is 5.47. The summed E-state index contributed by atoms with van der Waals surface area (Å²) in [7, 11) is 1.66. The van der Waals surface area contributed by atoms with Gasteiger partial charge in [-0.25, -0.2) is 4.68 Å². The van der Waals surface area contributed by atoms with Gasteiger partial charge in [0.15, 0.2) is 0 Å². The molecule has 0 aliphatic carbocycles. The summed E-state index contributed by atoms with van der Waals surface area (Å²) >= 11 is 1.53. The highest BCUT2D eigenvalue weighted by atomic mass is 32.2. The molecule has 1 N–H and O–H groups in total. The molecule has 5 rings (SSSR count). The first-order valence-corrected chi connectivity index (χ1v) is 14.5. The summed E-state index contributed by atoms with van der Waals surface area (Å²) in [6, 6.07) is 25.9. The third-order valence-electron chi connectivity index (χ3n) is 6.85. The molecule has 0 radical (unpaired) electrons. The Kier molecular flexibility index (Phi) is 8.26. The van der Waals surface area contributed by atoms with Crippen LogP contribution in [-0.2, 0) is 9.59 Å². The second-order valence-corrected chi connectivity index (χ2v) is 11.4. The van der Waals surface area contributed by atoms with Gasteiger partial charge in [0.25, 0.3) is 0 Å². The Morgan fingerprint density at radius 1 is 1.05 bits per heavy atom. The number of methoxy groups -OCH3 is 1. The molecule has 0 fully saturated rings. The standard InChI is InChI=1S/C32H34N4O3S/c1-21(2)18-33-27(37)19-35-28(38)20-40-31(25-12-8-9-13-26(25)39-4)29-30(23-10-6-5-7-11-23)34-36(32(29)35)24-16-14-22(3)15-17-24/h5-17,21,31H,18-20H2,1-4H3,(H,33,37)/t31-/m0/s1. The molecule has 0 saturated carbocycles. The maximum atomic E-state index is 13.8. The van der Waals surface area contributed by atoms with E-state index in [1.54, 1.807) is 12.0 Å². The summed E-state index contributed by atoms with van der Waals surface area (Å²) in [6.45, 7) is 6.57. The molecule has 7 nitrogen and oxygen atoms in total. The van der Waals surface area contributed by atoms with E-state index in [4.69, 9.17) is 9.84 Å². The molecule has 0 bridgehead atoms. The fraction of sp³-hybridized carbons (Fsp3) is 0.281. The lowest BCUT2D eigenvalue weighted by Crippen LogP contribution is -2.43. The molecule has 3 aromatic carbocycles. The Balaban J connectivity index is 1.78. The number of anilines is 1. The number of para-hydroxylation sites is 1. The zero-order valence-electron chi connectivity index (χ0n) is 23.3. The number of nitrogens with zero attached hydrogens (tertiary/aromatic N) is 3. The van der Waals surface area contributed by atoms with E-state index in [-0.39, 0.29) is 29.4 Å². The van der Waals surface area contributed by atoms with Gasteiger partial charge in [-0.2, -0.15) is 5.10 Å². The molecule has 1 aromatic heterocycles. The highest BCUT2D eigenvalue weighted by Crippen LogP contribution is 2.50. The number of aromatic nitrogens is 2. The number of thioether (sulfide) groups is 1. The van der Waals surface area contributed by atoms with Crippen molar-refractivity contribution in [2.24, 2.45) is 5.92 Å². The number of benzene rings is 3. The van der Waals surface area contributed by atoms with Gasteiger partial charge >= 0.3 is 0 Å². The zero-order valence-corrected chi connectivity index (χ0v) is 24.1. The molecule has 0 spiro atoms. The minimum Gasteiger partial charge on any atom is -0.496 e. The highest BCUT2D eigenvalue weighted by molar-refractivity contribution is 8.00. The molecular formula is C32H34N4O3S. The van der Waals surface area contributed by atoms with Crippen molar-refractivity contribution in [3.05, 3.63) is 95.6 Å². The quantitative estimate of drug-likeness (QED) is 0.298. The number of fused-ring (bicyclic) bond motifs is 1. The topological polar surface area (TPSA) is 76.5 Å². The van der Waals surface area contributed by atoms with Gasteiger partial charge < -0.3 is 10.1 Å². The molecule has 0 saturated heterocycles. The lowest BCUT2D eigenvalue weighted by Gasteiger charge is -2.24. The molecule has 206 valence electrons. The zero-order chi connectivity index (χ0) is 28.2. The largest absolute Gasteiger partial charge is 0.496 e. The SMILES string of the molecule is COc1ccccc1[C@@H]1SCC(=O)N(CC(=O)NCC(C)C)c2c1c(-c1ccccc1)nn2-c1ccc(C)cc1. The Hall–Kier alpha value is -4.04. The second kappa shape index (κ2) is 12.0. The summed E-state index contributed by atoms with van der Waals surface area (Å²) in [4.78, 5) is 28.6. The van der Waals surface area contributed by atoms with Crippen LogP contribution in [0.15, 0.2) is 78.9 Å². The fourth-order valence-corrected chi connectivity index (χ4v) is 6.06. The first-order valence-electron chi connectivity index (χ1n) is 13.4. The normalized spacial score (nSPS) is 15.1. The summed E-state index contributed by atoms with van der Waals surface area (Å²) in [5.74, 6) is 1.50. The fourth-order valence-electron chi connectivity index (χ4n) is 4.84. The first-order chi connectivity index (χ1) is 19.4. The minimum atomic E-state index is -0.256. The van der Waals surface area contributed by atoms with E-state index in [2.05, 4.69) is 5.32 Å². The van der Waals surface area contributed by atoms with Crippen molar-refractivity contribution >= 4 is 29.4 Å². The first kappa shape index (κ1) is 27.5. The lowest BCUT2D eigenvalue weighted by atomic mass is 9.99. The molecule has 1 aliphatic heterocycles. The van der Waals surface area contributed by atoms with Crippen LogP contribution < -0.4 is 15.0 Å². The van der Waals surface area contributed by atoms with Crippen molar-refractivity contribution in [1.29, 1.82) is 0 Å². The van der Waals surface area contributed by atoms with Crippen LogP contribution in [0.1, 0.15) is 35.8 Å². The number of carbonyl (C=O) groups is 2. The number of nitrogens with one attached hydrogen (secondary N) is 1. The number of carbonyl (C=O) groups excluding carboxylic acids is 2. The minimum absolute atomic E-state index is 0.0937. The number of rotatable bonds is 8. The maximum Gasteiger partial charge on any atom is 0.240 e. The molecule has 2 heterocycles. The number of hydrogen-bond acceptors (Lipinski definition) is 5. The molecular weight excluding hydrogens is 520 g/mol. The Bertz CT molecular complexity index is 1500. The maximum absolute atomic E-state index is 13.8. The van der Waals surface area contributed by atoms with E-state index in [9.17, 15) is 9.59 Å². The van der Waals surface area contributed by atoms with Crippen LogP contribution in [0.4, 0.5) is 5.82 Å². The number of amides is 2. The van der Waals surface area contributed by atoms with Gasteiger partial charge in [-0.3, -0.25) is 14.5 Å². The second-order valence-electron chi connectivity index (χ2n) is 10.3. The van der Waals surface area contributed by atoms with Gasteiger partial charge in [0, 0.05) is 23.2 Å². The highest BCUT2D eigenvalue weighted by Gasteiger charge is 2.38. The smallest absolute Gasteiger partial charge is 0.240 e. The van der Waals surface area contributed by atoms with E-state index in [0.717, 1.165) is 39.4 Å². The van der Waals surface area contributed by atoms with Crippen molar-refractivity contribution in [2.45, 2.75) is 26.0 Å².